The van der Waals surface area contributed by atoms with Gasteiger partial charge in [-0.15, -0.1) is 0 Å². The third-order valence-corrected chi connectivity index (χ3v) is 3.56. The number of rotatable bonds is 4. The van der Waals surface area contributed by atoms with Crippen molar-refractivity contribution in [3.05, 3.63) is 59.1 Å². The highest BCUT2D eigenvalue weighted by Crippen LogP contribution is 2.22. The van der Waals surface area contributed by atoms with Crippen molar-refractivity contribution in [1.82, 2.24) is 0 Å². The van der Waals surface area contributed by atoms with E-state index in [1.807, 2.05) is 0 Å². The maximum absolute atomic E-state index is 13.0. The minimum Gasteiger partial charge on any atom is -0.319 e. The largest absolute Gasteiger partial charge is 0.319 e. The Balaban J connectivity index is 2.18. The summed E-state index contributed by atoms with van der Waals surface area (Å²) in [7, 11) is 0. The molecule has 1 aromatic carbocycles. The normalized spacial score (nSPS) is 11.8. The highest BCUT2D eigenvalue weighted by Gasteiger charge is 2.23. The van der Waals surface area contributed by atoms with E-state index in [2.05, 4.69) is 5.32 Å². The van der Waals surface area contributed by atoms with Crippen LogP contribution in [0, 0.1) is 5.82 Å². The number of Topliss-reactive ketones (excluding diaryl/α,β-unsaturated/α-hetero) is 1. The molecule has 1 amide bonds. The first-order valence-corrected chi connectivity index (χ1v) is 7.04. The Morgan fingerprint density at radius 2 is 2.05 bits per heavy atom. The zero-order chi connectivity index (χ0) is 16.3. The number of carbonyl (C=O) groups is 2. The van der Waals surface area contributed by atoms with E-state index in [0.29, 0.717) is 11.3 Å². The van der Waals surface area contributed by atoms with Crippen LogP contribution in [-0.4, -0.2) is 11.7 Å². The van der Waals surface area contributed by atoms with Gasteiger partial charge in [0.05, 0.1) is 16.3 Å². The summed E-state index contributed by atoms with van der Waals surface area (Å²) in [4.78, 5) is 23.7. The van der Waals surface area contributed by atoms with Crippen LogP contribution in [0.25, 0.3) is 0 Å². The molecule has 1 atom stereocenters. The molecule has 0 aliphatic rings. The number of nitrogens with zero attached hydrogens (tertiary/aromatic N) is 1. The molecule has 0 aliphatic heterocycles. The molecule has 6 heteroatoms. The number of benzene rings is 1. The lowest BCUT2D eigenvalue weighted by Crippen LogP contribution is -2.44. The number of halogens is 2. The molecule has 4 nitrogen and oxygen atoms in total. The van der Waals surface area contributed by atoms with Gasteiger partial charge in [-0.1, -0.05) is 11.6 Å². The maximum Gasteiger partial charge on any atom is 0.293 e. The number of nitrogens with one attached hydrogen (secondary N) is 1. The number of anilines is 1. The number of ketones is 1. The summed E-state index contributed by atoms with van der Waals surface area (Å²) in [6.07, 6.45) is 3.31. The van der Waals surface area contributed by atoms with Crippen LogP contribution in [0.4, 0.5) is 10.1 Å². The summed E-state index contributed by atoms with van der Waals surface area (Å²) in [5.41, 5.74) is 0.852. The van der Waals surface area contributed by atoms with Crippen molar-refractivity contribution in [1.29, 1.82) is 0 Å². The van der Waals surface area contributed by atoms with Gasteiger partial charge in [0, 0.05) is 13.0 Å². The molecule has 0 unspecified atom stereocenters. The topological polar surface area (TPSA) is 50.0 Å². The van der Waals surface area contributed by atoms with Crippen LogP contribution in [0.5, 0.6) is 0 Å². The third-order valence-electron chi connectivity index (χ3n) is 3.24. The van der Waals surface area contributed by atoms with Gasteiger partial charge in [0.2, 0.25) is 6.04 Å². The van der Waals surface area contributed by atoms with Crippen molar-refractivity contribution in [3.8, 4) is 0 Å². The second kappa shape index (κ2) is 6.66. The first-order chi connectivity index (χ1) is 10.4. The summed E-state index contributed by atoms with van der Waals surface area (Å²) in [5.74, 6) is -0.873. The second-order valence-electron chi connectivity index (χ2n) is 4.89. The second-order valence-corrected chi connectivity index (χ2v) is 5.29. The van der Waals surface area contributed by atoms with Crippen LogP contribution in [0.1, 0.15) is 30.2 Å². The Morgan fingerprint density at radius 3 is 2.68 bits per heavy atom. The Morgan fingerprint density at radius 1 is 1.32 bits per heavy atom. The van der Waals surface area contributed by atoms with E-state index >= 15 is 0 Å². The van der Waals surface area contributed by atoms with Gasteiger partial charge in [0.1, 0.15) is 5.82 Å². The third kappa shape index (κ3) is 3.68. The Labute approximate surface area is 132 Å². The van der Waals surface area contributed by atoms with Gasteiger partial charge in [0.25, 0.3) is 5.91 Å². The zero-order valence-electron chi connectivity index (χ0n) is 12.1. The van der Waals surface area contributed by atoms with E-state index in [1.54, 1.807) is 36.0 Å². The van der Waals surface area contributed by atoms with Crippen molar-refractivity contribution >= 4 is 29.0 Å². The SMILES string of the molecule is CC(=O)c1ccc[n+]([C@@H](C)C(=O)Nc2ccc(F)cc2Cl)c1. The number of hydrogen-bond donors (Lipinski definition) is 1. The van der Waals surface area contributed by atoms with Crippen molar-refractivity contribution in [2.45, 2.75) is 19.9 Å². The number of amides is 1. The van der Waals surface area contributed by atoms with Crippen LogP contribution >= 0.6 is 11.6 Å². The summed E-state index contributed by atoms with van der Waals surface area (Å²) in [6, 6.07) is 6.58. The molecule has 0 saturated carbocycles. The zero-order valence-corrected chi connectivity index (χ0v) is 12.9. The van der Waals surface area contributed by atoms with Crippen molar-refractivity contribution < 1.29 is 18.5 Å². The molecular formula is C16H15ClFN2O2+. The van der Waals surface area contributed by atoms with E-state index in [-0.39, 0.29) is 16.7 Å². The highest BCUT2D eigenvalue weighted by molar-refractivity contribution is 6.33. The van der Waals surface area contributed by atoms with E-state index in [4.69, 9.17) is 11.6 Å². The first kappa shape index (κ1) is 16.1. The summed E-state index contributed by atoms with van der Waals surface area (Å²) in [6.45, 7) is 3.15. The van der Waals surface area contributed by atoms with Gasteiger partial charge in [-0.2, -0.15) is 4.57 Å². The van der Waals surface area contributed by atoms with Gasteiger partial charge in [0.15, 0.2) is 18.2 Å². The molecule has 0 fully saturated rings. The quantitative estimate of drug-likeness (QED) is 0.694. The highest BCUT2D eigenvalue weighted by atomic mass is 35.5. The van der Waals surface area contributed by atoms with Crippen LogP contribution in [0.3, 0.4) is 0 Å². The molecule has 2 rings (SSSR count). The molecule has 0 spiro atoms. The summed E-state index contributed by atoms with van der Waals surface area (Å²) < 4.78 is 14.6. The van der Waals surface area contributed by atoms with E-state index in [1.165, 1.54) is 19.1 Å². The molecule has 1 aromatic heterocycles. The molecule has 0 saturated heterocycles. The average molecular weight is 322 g/mol. The number of hydrogen-bond acceptors (Lipinski definition) is 2. The van der Waals surface area contributed by atoms with Gasteiger partial charge in [-0.05, 0) is 31.2 Å². The monoisotopic (exact) mass is 321 g/mol. The Kier molecular flexibility index (Phi) is 4.88. The van der Waals surface area contributed by atoms with Gasteiger partial charge < -0.3 is 5.32 Å². The van der Waals surface area contributed by atoms with Gasteiger partial charge in [-0.25, -0.2) is 4.39 Å². The van der Waals surface area contributed by atoms with Gasteiger partial charge in [-0.3, -0.25) is 9.59 Å². The van der Waals surface area contributed by atoms with Crippen molar-refractivity contribution in [2.75, 3.05) is 5.32 Å². The number of pyridine rings is 1. The van der Waals surface area contributed by atoms with E-state index in [9.17, 15) is 14.0 Å². The number of carbonyl (C=O) groups excluding carboxylic acids is 2. The predicted octanol–water partition coefficient (Wildman–Crippen LogP) is 3.17. The average Bonchev–Trinajstić information content (AvgIpc) is 2.49. The molecule has 2 aromatic rings. The fourth-order valence-corrected chi connectivity index (χ4v) is 2.12. The maximum atomic E-state index is 13.0. The molecule has 0 aliphatic carbocycles. The molecular weight excluding hydrogens is 307 g/mol. The fourth-order valence-electron chi connectivity index (χ4n) is 1.91. The Hall–Kier alpha value is -2.27. The molecule has 1 N–H and O–H groups in total. The molecule has 0 radical (unpaired) electrons. The molecule has 1 heterocycles. The molecule has 114 valence electrons. The standard InChI is InChI=1S/C16H14ClFN2O2/c1-10(20-7-3-4-12(9-20)11(2)21)16(22)19-15-6-5-13(18)8-14(15)17/h3-10H,1-2H3/p+1/t10-/m0/s1. The lowest BCUT2D eigenvalue weighted by Gasteiger charge is -2.10. The van der Waals surface area contributed by atoms with Gasteiger partial charge >= 0.3 is 0 Å². The lowest BCUT2D eigenvalue weighted by atomic mass is 10.2. The molecule has 0 bridgehead atoms. The van der Waals surface area contributed by atoms with Crippen LogP contribution in [-0.2, 0) is 4.79 Å². The van der Waals surface area contributed by atoms with E-state index < -0.39 is 11.9 Å². The smallest absolute Gasteiger partial charge is 0.293 e. The Bertz CT molecular complexity index is 734. The summed E-state index contributed by atoms with van der Waals surface area (Å²) >= 11 is 5.88. The predicted molar refractivity (Wildman–Crippen MR) is 81.4 cm³/mol. The van der Waals surface area contributed by atoms with Crippen LogP contribution in [0.2, 0.25) is 5.02 Å². The van der Waals surface area contributed by atoms with Crippen LogP contribution < -0.4 is 9.88 Å². The fraction of sp³-hybridized carbons (Fsp3) is 0.188. The summed E-state index contributed by atoms with van der Waals surface area (Å²) in [5, 5.41) is 2.77. The van der Waals surface area contributed by atoms with Crippen molar-refractivity contribution in [3.63, 3.8) is 0 Å². The number of aromatic nitrogens is 1. The minimum atomic E-state index is -0.555. The minimum absolute atomic E-state index is 0.0801. The van der Waals surface area contributed by atoms with E-state index in [0.717, 1.165) is 6.07 Å². The first-order valence-electron chi connectivity index (χ1n) is 6.66. The lowest BCUT2D eigenvalue weighted by molar-refractivity contribution is -0.705. The molecule has 22 heavy (non-hydrogen) atoms. The van der Waals surface area contributed by atoms with Crippen LogP contribution in [0.15, 0.2) is 42.7 Å². The van der Waals surface area contributed by atoms with Crippen molar-refractivity contribution in [2.24, 2.45) is 0 Å².